The SMILES string of the molecule is CC(C)[C@H]1COCc2nc(C3CC3)ccc21. The lowest BCUT2D eigenvalue weighted by atomic mass is 9.86. The van der Waals surface area contributed by atoms with Gasteiger partial charge in [0.05, 0.1) is 18.9 Å². The first-order valence-electron chi connectivity index (χ1n) is 6.33. The quantitative estimate of drug-likeness (QED) is 0.758. The summed E-state index contributed by atoms with van der Waals surface area (Å²) in [6, 6.07) is 4.53. The Bertz CT molecular complexity index is 396. The Morgan fingerprint density at radius 2 is 2.12 bits per heavy atom. The molecule has 1 aliphatic carbocycles. The van der Waals surface area contributed by atoms with Gasteiger partial charge in [-0.25, -0.2) is 0 Å². The molecule has 1 aromatic heterocycles. The molecule has 0 unspecified atom stereocenters. The molecule has 0 bridgehead atoms. The van der Waals surface area contributed by atoms with E-state index in [-0.39, 0.29) is 0 Å². The zero-order valence-electron chi connectivity index (χ0n) is 10.1. The molecule has 1 aromatic rings. The van der Waals surface area contributed by atoms with E-state index in [0.717, 1.165) is 12.5 Å². The minimum atomic E-state index is 0.532. The molecule has 86 valence electrons. The van der Waals surface area contributed by atoms with E-state index in [4.69, 9.17) is 9.72 Å². The largest absolute Gasteiger partial charge is 0.375 e. The van der Waals surface area contributed by atoms with E-state index in [1.54, 1.807) is 0 Å². The molecule has 3 rings (SSSR count). The van der Waals surface area contributed by atoms with Crippen LogP contribution in [0.3, 0.4) is 0 Å². The number of hydrogen-bond donors (Lipinski definition) is 0. The number of rotatable bonds is 2. The smallest absolute Gasteiger partial charge is 0.0891 e. The Morgan fingerprint density at radius 1 is 1.31 bits per heavy atom. The van der Waals surface area contributed by atoms with E-state index in [2.05, 4.69) is 26.0 Å². The number of ether oxygens (including phenoxy) is 1. The Hall–Kier alpha value is -0.890. The average molecular weight is 217 g/mol. The van der Waals surface area contributed by atoms with Crippen molar-refractivity contribution in [2.75, 3.05) is 6.61 Å². The van der Waals surface area contributed by atoms with Gasteiger partial charge in [-0.1, -0.05) is 19.9 Å². The molecule has 16 heavy (non-hydrogen) atoms. The van der Waals surface area contributed by atoms with Crippen LogP contribution < -0.4 is 0 Å². The molecule has 1 aliphatic heterocycles. The third kappa shape index (κ3) is 1.75. The summed E-state index contributed by atoms with van der Waals surface area (Å²) >= 11 is 0. The summed E-state index contributed by atoms with van der Waals surface area (Å²) in [5.41, 5.74) is 3.90. The van der Waals surface area contributed by atoms with Gasteiger partial charge >= 0.3 is 0 Å². The van der Waals surface area contributed by atoms with Crippen molar-refractivity contribution in [3.63, 3.8) is 0 Å². The first-order chi connectivity index (χ1) is 7.75. The van der Waals surface area contributed by atoms with E-state index in [1.807, 2.05) is 0 Å². The standard InChI is InChI=1S/C14H19NO/c1-9(2)12-7-16-8-14-11(12)5-6-13(15-14)10-3-4-10/h5-6,9-10,12H,3-4,7-8H2,1-2H3/t12-/m1/s1. The van der Waals surface area contributed by atoms with Crippen LogP contribution in [0.15, 0.2) is 12.1 Å². The Kier molecular flexibility index (Phi) is 2.47. The van der Waals surface area contributed by atoms with Crippen molar-refractivity contribution in [1.82, 2.24) is 4.98 Å². The van der Waals surface area contributed by atoms with Gasteiger partial charge in [-0.2, -0.15) is 0 Å². The zero-order chi connectivity index (χ0) is 11.1. The fraction of sp³-hybridized carbons (Fsp3) is 0.643. The molecule has 2 heterocycles. The second-order valence-electron chi connectivity index (χ2n) is 5.41. The topological polar surface area (TPSA) is 22.1 Å². The van der Waals surface area contributed by atoms with Crippen molar-refractivity contribution in [3.8, 4) is 0 Å². The third-order valence-electron chi connectivity index (χ3n) is 3.77. The van der Waals surface area contributed by atoms with Crippen LogP contribution in [0.2, 0.25) is 0 Å². The average Bonchev–Trinajstić information content (AvgIpc) is 3.11. The number of nitrogens with zero attached hydrogens (tertiary/aromatic N) is 1. The number of hydrogen-bond acceptors (Lipinski definition) is 2. The van der Waals surface area contributed by atoms with Crippen LogP contribution in [0.1, 0.15) is 55.5 Å². The highest BCUT2D eigenvalue weighted by atomic mass is 16.5. The van der Waals surface area contributed by atoms with Crippen LogP contribution in [0, 0.1) is 5.92 Å². The summed E-state index contributed by atoms with van der Waals surface area (Å²) in [6.07, 6.45) is 2.64. The fourth-order valence-corrected chi connectivity index (χ4v) is 2.51. The lowest BCUT2D eigenvalue weighted by Crippen LogP contribution is -2.22. The van der Waals surface area contributed by atoms with Crippen molar-refractivity contribution in [2.24, 2.45) is 5.92 Å². The number of aromatic nitrogens is 1. The van der Waals surface area contributed by atoms with Crippen molar-refractivity contribution in [2.45, 2.75) is 45.1 Å². The summed E-state index contributed by atoms with van der Waals surface area (Å²) < 4.78 is 5.66. The van der Waals surface area contributed by atoms with E-state index in [1.165, 1.54) is 29.8 Å². The van der Waals surface area contributed by atoms with Gasteiger partial charge in [-0.15, -0.1) is 0 Å². The molecule has 1 atom stereocenters. The second-order valence-corrected chi connectivity index (χ2v) is 5.41. The van der Waals surface area contributed by atoms with Crippen LogP contribution >= 0.6 is 0 Å². The molecule has 0 spiro atoms. The third-order valence-corrected chi connectivity index (χ3v) is 3.77. The second kappa shape index (κ2) is 3.85. The molecule has 1 fully saturated rings. The van der Waals surface area contributed by atoms with Gasteiger partial charge in [0.25, 0.3) is 0 Å². The van der Waals surface area contributed by atoms with E-state index in [9.17, 15) is 0 Å². The first-order valence-corrected chi connectivity index (χ1v) is 6.33. The Balaban J connectivity index is 1.95. The van der Waals surface area contributed by atoms with Gasteiger partial charge < -0.3 is 4.74 Å². The highest BCUT2D eigenvalue weighted by molar-refractivity contribution is 5.30. The fourth-order valence-electron chi connectivity index (χ4n) is 2.51. The lowest BCUT2D eigenvalue weighted by Gasteiger charge is -2.28. The van der Waals surface area contributed by atoms with Crippen molar-refractivity contribution >= 4 is 0 Å². The van der Waals surface area contributed by atoms with Crippen LogP contribution in [-0.2, 0) is 11.3 Å². The van der Waals surface area contributed by atoms with E-state index < -0.39 is 0 Å². The Morgan fingerprint density at radius 3 is 2.81 bits per heavy atom. The molecule has 0 saturated heterocycles. The number of fused-ring (bicyclic) bond motifs is 1. The molecule has 0 aromatic carbocycles. The first kappa shape index (κ1) is 10.3. The Labute approximate surface area is 97.0 Å². The van der Waals surface area contributed by atoms with Gasteiger partial charge in [-0.05, 0) is 30.4 Å². The van der Waals surface area contributed by atoms with Crippen LogP contribution in [-0.4, -0.2) is 11.6 Å². The maximum atomic E-state index is 5.66. The predicted octanol–water partition coefficient (Wildman–Crippen LogP) is 3.23. The summed E-state index contributed by atoms with van der Waals surface area (Å²) in [5, 5.41) is 0. The maximum Gasteiger partial charge on any atom is 0.0891 e. The van der Waals surface area contributed by atoms with Gasteiger partial charge in [0.15, 0.2) is 0 Å². The zero-order valence-corrected chi connectivity index (χ0v) is 10.1. The van der Waals surface area contributed by atoms with Crippen LogP contribution in [0.25, 0.3) is 0 Å². The van der Waals surface area contributed by atoms with Gasteiger partial charge in [-0.3, -0.25) is 4.98 Å². The van der Waals surface area contributed by atoms with E-state index in [0.29, 0.717) is 18.4 Å². The molecule has 2 heteroatoms. The molecule has 0 N–H and O–H groups in total. The van der Waals surface area contributed by atoms with E-state index >= 15 is 0 Å². The van der Waals surface area contributed by atoms with Crippen molar-refractivity contribution in [1.29, 1.82) is 0 Å². The predicted molar refractivity (Wildman–Crippen MR) is 63.4 cm³/mol. The highest BCUT2D eigenvalue weighted by Gasteiger charge is 2.29. The summed E-state index contributed by atoms with van der Waals surface area (Å²) in [7, 11) is 0. The summed E-state index contributed by atoms with van der Waals surface area (Å²) in [6.45, 7) is 6.09. The molecular formula is C14H19NO. The normalized spacial score (nSPS) is 24.6. The van der Waals surface area contributed by atoms with Gasteiger partial charge in [0, 0.05) is 17.5 Å². The minimum absolute atomic E-state index is 0.532. The summed E-state index contributed by atoms with van der Waals surface area (Å²) in [4.78, 5) is 4.78. The molecule has 1 saturated carbocycles. The van der Waals surface area contributed by atoms with Gasteiger partial charge in [0.1, 0.15) is 0 Å². The molecular weight excluding hydrogens is 198 g/mol. The monoisotopic (exact) mass is 217 g/mol. The highest BCUT2D eigenvalue weighted by Crippen LogP contribution is 2.40. The van der Waals surface area contributed by atoms with Crippen LogP contribution in [0.5, 0.6) is 0 Å². The van der Waals surface area contributed by atoms with Gasteiger partial charge in [0.2, 0.25) is 0 Å². The molecule has 0 amide bonds. The molecule has 2 nitrogen and oxygen atoms in total. The summed E-state index contributed by atoms with van der Waals surface area (Å²) in [5.74, 6) is 1.90. The van der Waals surface area contributed by atoms with Crippen molar-refractivity contribution < 1.29 is 4.74 Å². The lowest BCUT2D eigenvalue weighted by molar-refractivity contribution is 0.0760. The van der Waals surface area contributed by atoms with Crippen LogP contribution in [0.4, 0.5) is 0 Å². The maximum absolute atomic E-state index is 5.66. The molecule has 2 aliphatic rings. The minimum Gasteiger partial charge on any atom is -0.375 e. The molecule has 0 radical (unpaired) electrons. The van der Waals surface area contributed by atoms with Crippen molar-refractivity contribution in [3.05, 3.63) is 29.1 Å². The number of pyridine rings is 1.